The van der Waals surface area contributed by atoms with Crippen LogP contribution in [0, 0.1) is 5.92 Å². The first-order valence-corrected chi connectivity index (χ1v) is 8.36. The average molecular weight is 302 g/mol. The predicted octanol–water partition coefficient (Wildman–Crippen LogP) is 1.78. The van der Waals surface area contributed by atoms with Crippen molar-refractivity contribution >= 4 is 27.3 Å². The third-order valence-electron chi connectivity index (χ3n) is 3.18. The van der Waals surface area contributed by atoms with Crippen LogP contribution >= 0.6 is 11.6 Å². The maximum atomic E-state index is 11.7. The lowest BCUT2D eigenvalue weighted by Gasteiger charge is -2.09. The fraction of sp³-hybridized carbons (Fsp3) is 0.462. The Morgan fingerprint density at radius 3 is 2.84 bits per heavy atom. The van der Waals surface area contributed by atoms with Gasteiger partial charge in [-0.15, -0.1) is 0 Å². The highest BCUT2D eigenvalue weighted by Crippen LogP contribution is 2.21. The molecule has 104 valence electrons. The van der Waals surface area contributed by atoms with Gasteiger partial charge in [0.2, 0.25) is 5.91 Å². The molecule has 0 radical (unpaired) electrons. The van der Waals surface area contributed by atoms with E-state index in [2.05, 4.69) is 5.32 Å². The Labute approximate surface area is 118 Å². The topological polar surface area (TPSA) is 63.2 Å². The van der Waals surface area contributed by atoms with Crippen molar-refractivity contribution in [1.82, 2.24) is 5.32 Å². The van der Waals surface area contributed by atoms with Crippen molar-refractivity contribution < 1.29 is 13.2 Å². The van der Waals surface area contributed by atoms with Crippen LogP contribution in [0.3, 0.4) is 0 Å². The molecule has 1 aliphatic heterocycles. The molecule has 0 saturated carbocycles. The summed E-state index contributed by atoms with van der Waals surface area (Å²) in [6, 6.07) is 7.28. The SMILES string of the molecule is O=C(C[C@@H]1CCS(=O)(=O)C1)NCc1cccc(Cl)c1. The van der Waals surface area contributed by atoms with E-state index < -0.39 is 9.84 Å². The molecule has 1 fully saturated rings. The van der Waals surface area contributed by atoms with Gasteiger partial charge in [0.05, 0.1) is 11.5 Å². The molecule has 1 aromatic carbocycles. The van der Waals surface area contributed by atoms with Crippen LogP contribution in [0.4, 0.5) is 0 Å². The van der Waals surface area contributed by atoms with Gasteiger partial charge in [-0.1, -0.05) is 23.7 Å². The van der Waals surface area contributed by atoms with Crippen molar-refractivity contribution in [3.8, 4) is 0 Å². The minimum atomic E-state index is -2.91. The summed E-state index contributed by atoms with van der Waals surface area (Å²) in [5, 5.41) is 3.42. The summed E-state index contributed by atoms with van der Waals surface area (Å²) in [6.45, 7) is 0.416. The Bertz CT molecular complexity index is 571. The third-order valence-corrected chi connectivity index (χ3v) is 5.25. The number of hydrogen-bond acceptors (Lipinski definition) is 3. The molecule has 1 N–H and O–H groups in total. The van der Waals surface area contributed by atoms with Crippen molar-refractivity contribution in [2.45, 2.75) is 19.4 Å². The van der Waals surface area contributed by atoms with Gasteiger partial charge in [-0.3, -0.25) is 4.79 Å². The van der Waals surface area contributed by atoms with Crippen LogP contribution in [0.15, 0.2) is 24.3 Å². The van der Waals surface area contributed by atoms with E-state index in [4.69, 9.17) is 11.6 Å². The zero-order valence-electron chi connectivity index (χ0n) is 10.4. The van der Waals surface area contributed by atoms with E-state index in [0.29, 0.717) is 18.0 Å². The largest absolute Gasteiger partial charge is 0.352 e. The molecule has 1 heterocycles. The first-order valence-electron chi connectivity index (χ1n) is 6.16. The molecule has 1 saturated heterocycles. The Balaban J connectivity index is 1.79. The van der Waals surface area contributed by atoms with Gasteiger partial charge in [0, 0.05) is 18.0 Å². The molecule has 1 atom stereocenters. The Hall–Kier alpha value is -1.07. The lowest BCUT2D eigenvalue weighted by molar-refractivity contribution is -0.122. The zero-order chi connectivity index (χ0) is 13.9. The van der Waals surface area contributed by atoms with E-state index in [1.807, 2.05) is 12.1 Å². The number of carbonyl (C=O) groups excluding carboxylic acids is 1. The number of sulfone groups is 1. The zero-order valence-corrected chi connectivity index (χ0v) is 12.0. The molecule has 0 spiro atoms. The molecule has 6 heteroatoms. The summed E-state index contributed by atoms with van der Waals surface area (Å²) in [5.41, 5.74) is 0.930. The highest BCUT2D eigenvalue weighted by molar-refractivity contribution is 7.91. The fourth-order valence-electron chi connectivity index (χ4n) is 2.21. The molecule has 1 amide bonds. The van der Waals surface area contributed by atoms with Gasteiger partial charge in [-0.05, 0) is 30.0 Å². The van der Waals surface area contributed by atoms with Crippen LogP contribution in [-0.2, 0) is 21.2 Å². The summed E-state index contributed by atoms with van der Waals surface area (Å²) in [7, 11) is -2.91. The van der Waals surface area contributed by atoms with Gasteiger partial charge in [0.25, 0.3) is 0 Å². The van der Waals surface area contributed by atoms with Crippen molar-refractivity contribution in [2.75, 3.05) is 11.5 Å². The van der Waals surface area contributed by atoms with E-state index in [-0.39, 0.29) is 29.8 Å². The van der Waals surface area contributed by atoms with E-state index >= 15 is 0 Å². The summed E-state index contributed by atoms with van der Waals surface area (Å²) in [4.78, 5) is 11.7. The van der Waals surface area contributed by atoms with Gasteiger partial charge in [0.15, 0.2) is 9.84 Å². The van der Waals surface area contributed by atoms with Crippen LogP contribution < -0.4 is 5.32 Å². The Kier molecular flexibility index (Phi) is 4.47. The molecule has 1 aliphatic rings. The van der Waals surface area contributed by atoms with Crippen molar-refractivity contribution in [1.29, 1.82) is 0 Å². The van der Waals surface area contributed by atoms with Gasteiger partial charge < -0.3 is 5.32 Å². The highest BCUT2D eigenvalue weighted by Gasteiger charge is 2.29. The molecule has 0 unspecified atom stereocenters. The molecule has 0 bridgehead atoms. The Morgan fingerprint density at radius 2 is 2.21 bits per heavy atom. The molecule has 19 heavy (non-hydrogen) atoms. The summed E-state index contributed by atoms with van der Waals surface area (Å²) < 4.78 is 22.6. The lowest BCUT2D eigenvalue weighted by atomic mass is 10.1. The predicted molar refractivity (Wildman–Crippen MR) is 74.7 cm³/mol. The average Bonchev–Trinajstić information content (AvgIpc) is 2.66. The maximum absolute atomic E-state index is 11.7. The second kappa shape index (κ2) is 5.92. The highest BCUT2D eigenvalue weighted by atomic mass is 35.5. The minimum absolute atomic E-state index is 0.0376. The third kappa shape index (κ3) is 4.51. The van der Waals surface area contributed by atoms with Crippen molar-refractivity contribution in [3.05, 3.63) is 34.9 Å². The number of hydrogen-bond donors (Lipinski definition) is 1. The molecule has 2 rings (SSSR count). The second-order valence-corrected chi connectivity index (χ2v) is 7.54. The van der Waals surface area contributed by atoms with E-state index in [1.165, 1.54) is 0 Å². The standard InChI is InChI=1S/C13H16ClNO3S/c14-12-3-1-2-10(6-12)8-15-13(16)7-11-4-5-19(17,18)9-11/h1-3,6,11H,4-5,7-9H2,(H,15,16)/t11-/m0/s1. The molecule has 1 aromatic rings. The first-order chi connectivity index (χ1) is 8.94. The second-order valence-electron chi connectivity index (χ2n) is 4.88. The number of nitrogens with one attached hydrogen (secondary N) is 1. The summed E-state index contributed by atoms with van der Waals surface area (Å²) >= 11 is 5.85. The van der Waals surface area contributed by atoms with E-state index in [9.17, 15) is 13.2 Å². The number of carbonyl (C=O) groups is 1. The maximum Gasteiger partial charge on any atom is 0.220 e. The number of amides is 1. The molecule has 4 nitrogen and oxygen atoms in total. The van der Waals surface area contributed by atoms with Crippen LogP contribution in [0.2, 0.25) is 5.02 Å². The number of benzene rings is 1. The van der Waals surface area contributed by atoms with Crippen molar-refractivity contribution in [3.63, 3.8) is 0 Å². The normalized spacial score (nSPS) is 21.2. The number of halogens is 1. The van der Waals surface area contributed by atoms with Crippen molar-refractivity contribution in [2.24, 2.45) is 5.92 Å². The van der Waals surface area contributed by atoms with Gasteiger partial charge in [0.1, 0.15) is 0 Å². The Morgan fingerprint density at radius 1 is 1.42 bits per heavy atom. The molecule has 0 aliphatic carbocycles. The van der Waals surface area contributed by atoms with E-state index in [0.717, 1.165) is 5.56 Å². The molecule has 0 aromatic heterocycles. The van der Waals surface area contributed by atoms with E-state index in [1.54, 1.807) is 12.1 Å². The summed E-state index contributed by atoms with van der Waals surface area (Å²) in [6.07, 6.45) is 0.868. The van der Waals surface area contributed by atoms with Crippen LogP contribution in [-0.4, -0.2) is 25.8 Å². The monoisotopic (exact) mass is 301 g/mol. The van der Waals surface area contributed by atoms with Gasteiger partial charge in [-0.2, -0.15) is 0 Å². The smallest absolute Gasteiger partial charge is 0.220 e. The number of rotatable bonds is 4. The minimum Gasteiger partial charge on any atom is -0.352 e. The lowest BCUT2D eigenvalue weighted by Crippen LogP contribution is -2.25. The fourth-order valence-corrected chi connectivity index (χ4v) is 4.29. The van der Waals surface area contributed by atoms with Crippen LogP contribution in [0.5, 0.6) is 0 Å². The first kappa shape index (κ1) is 14.3. The van der Waals surface area contributed by atoms with Crippen LogP contribution in [0.25, 0.3) is 0 Å². The quantitative estimate of drug-likeness (QED) is 0.922. The summed E-state index contributed by atoms with van der Waals surface area (Å²) in [5.74, 6) is 0.197. The van der Waals surface area contributed by atoms with Gasteiger partial charge >= 0.3 is 0 Å². The van der Waals surface area contributed by atoms with Crippen LogP contribution in [0.1, 0.15) is 18.4 Å². The molecular weight excluding hydrogens is 286 g/mol. The molecular formula is C13H16ClNO3S. The van der Waals surface area contributed by atoms with Gasteiger partial charge in [-0.25, -0.2) is 8.42 Å².